The summed E-state index contributed by atoms with van der Waals surface area (Å²) in [7, 11) is 0. The molecule has 0 saturated carbocycles. The Balaban J connectivity index is 1.16. The van der Waals surface area contributed by atoms with Crippen LogP contribution >= 0.6 is 0 Å². The van der Waals surface area contributed by atoms with Crippen molar-refractivity contribution < 1.29 is 4.79 Å². The van der Waals surface area contributed by atoms with E-state index in [1.807, 2.05) is 18.2 Å². The van der Waals surface area contributed by atoms with Crippen molar-refractivity contribution in [2.75, 3.05) is 31.1 Å². The van der Waals surface area contributed by atoms with Gasteiger partial charge in [0.25, 0.3) is 0 Å². The second-order valence-electron chi connectivity index (χ2n) is 6.67. The monoisotopic (exact) mass is 406 g/mol. The second-order valence-corrected chi connectivity index (χ2v) is 6.67. The zero-order valence-corrected chi connectivity index (χ0v) is 15.9. The molecule has 2 N–H and O–H groups in total. The largest absolute Gasteiger partial charge is 0.352 e. The van der Waals surface area contributed by atoms with Crippen LogP contribution in [0.25, 0.3) is 17.2 Å². The number of nitrogens with zero attached hydrogens (tertiary/aromatic N) is 10. The van der Waals surface area contributed by atoms with Crippen molar-refractivity contribution in [3.05, 3.63) is 42.6 Å². The molecule has 2 amide bonds. The lowest BCUT2D eigenvalue weighted by Crippen LogP contribution is -2.52. The van der Waals surface area contributed by atoms with E-state index in [0.717, 1.165) is 5.82 Å². The molecule has 152 valence electrons. The summed E-state index contributed by atoms with van der Waals surface area (Å²) in [4.78, 5) is 29.2. The normalized spacial score (nSPS) is 14.3. The highest BCUT2D eigenvalue weighted by atomic mass is 16.2. The molecule has 0 aliphatic carbocycles. The van der Waals surface area contributed by atoms with Gasteiger partial charge in [-0.25, -0.2) is 9.78 Å². The molecule has 5 heterocycles. The molecule has 1 fully saturated rings. The SMILES string of the molecule is O=C(NCc1nc(-c2ccccn2)n[nH]1)N1CCN(c2cncc3nnnn23)CC1. The van der Waals surface area contributed by atoms with Crippen molar-refractivity contribution in [2.45, 2.75) is 6.54 Å². The van der Waals surface area contributed by atoms with Crippen molar-refractivity contribution in [3.8, 4) is 11.5 Å². The molecular formula is C17H18N12O. The van der Waals surface area contributed by atoms with Gasteiger partial charge in [-0.15, -0.1) is 5.10 Å². The van der Waals surface area contributed by atoms with Crippen LogP contribution in [0.1, 0.15) is 5.82 Å². The Hall–Kier alpha value is -4.16. The lowest BCUT2D eigenvalue weighted by molar-refractivity contribution is 0.193. The number of piperazine rings is 1. The molecular weight excluding hydrogens is 388 g/mol. The highest BCUT2D eigenvalue weighted by Gasteiger charge is 2.23. The average Bonchev–Trinajstić information content (AvgIpc) is 3.48. The number of aromatic amines is 1. The number of pyridine rings is 1. The number of aromatic nitrogens is 9. The molecule has 0 unspecified atom stereocenters. The molecule has 5 rings (SSSR count). The number of rotatable bonds is 4. The maximum absolute atomic E-state index is 12.5. The maximum Gasteiger partial charge on any atom is 0.317 e. The molecule has 0 spiro atoms. The van der Waals surface area contributed by atoms with Crippen LogP contribution in [0.5, 0.6) is 0 Å². The number of carbonyl (C=O) groups is 1. The lowest BCUT2D eigenvalue weighted by Gasteiger charge is -2.35. The number of amides is 2. The third-order valence-electron chi connectivity index (χ3n) is 4.81. The summed E-state index contributed by atoms with van der Waals surface area (Å²) in [5, 5.41) is 21.4. The number of tetrazole rings is 1. The van der Waals surface area contributed by atoms with Gasteiger partial charge >= 0.3 is 6.03 Å². The summed E-state index contributed by atoms with van der Waals surface area (Å²) < 4.78 is 1.64. The van der Waals surface area contributed by atoms with E-state index in [2.05, 4.69) is 50.9 Å². The van der Waals surface area contributed by atoms with E-state index in [-0.39, 0.29) is 12.6 Å². The van der Waals surface area contributed by atoms with E-state index in [1.165, 1.54) is 0 Å². The van der Waals surface area contributed by atoms with Gasteiger partial charge in [0.15, 0.2) is 17.3 Å². The number of hydrogen-bond donors (Lipinski definition) is 2. The first-order valence-corrected chi connectivity index (χ1v) is 9.40. The topological polar surface area (TPSA) is 146 Å². The zero-order chi connectivity index (χ0) is 20.3. The van der Waals surface area contributed by atoms with Crippen LogP contribution in [-0.4, -0.2) is 82.3 Å². The number of urea groups is 1. The van der Waals surface area contributed by atoms with Gasteiger partial charge in [-0.3, -0.25) is 15.1 Å². The van der Waals surface area contributed by atoms with Gasteiger partial charge in [-0.05, 0) is 22.6 Å². The van der Waals surface area contributed by atoms with E-state index in [0.29, 0.717) is 49.2 Å². The molecule has 1 aliphatic rings. The molecule has 1 saturated heterocycles. The molecule has 0 bridgehead atoms. The Morgan fingerprint density at radius 3 is 2.90 bits per heavy atom. The quantitative estimate of drug-likeness (QED) is 0.467. The summed E-state index contributed by atoms with van der Waals surface area (Å²) in [6.07, 6.45) is 5.01. The van der Waals surface area contributed by atoms with Crippen LogP contribution in [0.3, 0.4) is 0 Å². The van der Waals surface area contributed by atoms with E-state index in [9.17, 15) is 4.79 Å². The van der Waals surface area contributed by atoms with Crippen molar-refractivity contribution in [3.63, 3.8) is 0 Å². The fraction of sp³-hybridized carbons (Fsp3) is 0.294. The van der Waals surface area contributed by atoms with Gasteiger partial charge in [-0.2, -0.15) is 9.61 Å². The third kappa shape index (κ3) is 3.47. The highest BCUT2D eigenvalue weighted by molar-refractivity contribution is 5.74. The molecule has 4 aromatic rings. The van der Waals surface area contributed by atoms with Crippen LogP contribution in [0.2, 0.25) is 0 Å². The predicted octanol–water partition coefficient (Wildman–Crippen LogP) is -0.269. The van der Waals surface area contributed by atoms with Gasteiger partial charge < -0.3 is 15.1 Å². The molecule has 0 aromatic carbocycles. The Morgan fingerprint density at radius 1 is 1.17 bits per heavy atom. The van der Waals surface area contributed by atoms with Crippen LogP contribution in [0.4, 0.5) is 10.6 Å². The average molecular weight is 406 g/mol. The smallest absolute Gasteiger partial charge is 0.317 e. The molecule has 0 atom stereocenters. The van der Waals surface area contributed by atoms with Crippen molar-refractivity contribution in [2.24, 2.45) is 0 Å². The summed E-state index contributed by atoms with van der Waals surface area (Å²) >= 11 is 0. The minimum Gasteiger partial charge on any atom is -0.352 e. The minimum atomic E-state index is -0.149. The number of anilines is 1. The van der Waals surface area contributed by atoms with Gasteiger partial charge in [0.05, 0.1) is 18.9 Å². The molecule has 1 aliphatic heterocycles. The standard InChI is InChI=1S/C17H18N12O/c30-17(20-9-13-21-16(24-22-13)12-3-1-2-4-19-12)28-7-5-27(6-8-28)15-11-18-10-14-23-25-26-29(14)15/h1-4,10-11H,5-9H2,(H,20,30)(H,21,22,24). The van der Waals surface area contributed by atoms with Gasteiger partial charge in [-0.1, -0.05) is 6.07 Å². The second kappa shape index (κ2) is 7.69. The van der Waals surface area contributed by atoms with Gasteiger partial charge in [0.1, 0.15) is 11.5 Å². The van der Waals surface area contributed by atoms with Gasteiger partial charge in [0, 0.05) is 32.4 Å². The van der Waals surface area contributed by atoms with Crippen LogP contribution in [0, 0.1) is 0 Å². The summed E-state index contributed by atoms with van der Waals surface area (Å²) in [5.74, 6) is 1.87. The lowest BCUT2D eigenvalue weighted by atomic mass is 10.3. The third-order valence-corrected chi connectivity index (χ3v) is 4.81. The maximum atomic E-state index is 12.5. The van der Waals surface area contributed by atoms with Crippen molar-refractivity contribution >= 4 is 17.5 Å². The van der Waals surface area contributed by atoms with E-state index < -0.39 is 0 Å². The number of carbonyl (C=O) groups excluding carboxylic acids is 1. The van der Waals surface area contributed by atoms with E-state index >= 15 is 0 Å². The Bertz CT molecular complexity index is 1150. The Labute approximate surface area is 170 Å². The summed E-state index contributed by atoms with van der Waals surface area (Å²) in [6.45, 7) is 2.70. The first kappa shape index (κ1) is 17.9. The van der Waals surface area contributed by atoms with Crippen LogP contribution in [-0.2, 0) is 6.54 Å². The van der Waals surface area contributed by atoms with E-state index in [4.69, 9.17) is 0 Å². The molecule has 4 aromatic heterocycles. The Kier molecular flexibility index (Phi) is 4.59. The highest BCUT2D eigenvalue weighted by Crippen LogP contribution is 2.15. The van der Waals surface area contributed by atoms with Crippen molar-refractivity contribution in [1.29, 1.82) is 0 Å². The summed E-state index contributed by atoms with van der Waals surface area (Å²) in [6, 6.07) is 5.38. The van der Waals surface area contributed by atoms with E-state index in [1.54, 1.807) is 28.0 Å². The first-order valence-electron chi connectivity index (χ1n) is 9.40. The van der Waals surface area contributed by atoms with Gasteiger partial charge in [0.2, 0.25) is 0 Å². The number of H-pyrrole nitrogens is 1. The first-order chi connectivity index (χ1) is 14.8. The van der Waals surface area contributed by atoms with Crippen molar-refractivity contribution in [1.82, 2.24) is 55.4 Å². The molecule has 30 heavy (non-hydrogen) atoms. The molecule has 13 heteroatoms. The Morgan fingerprint density at radius 2 is 2.07 bits per heavy atom. The summed E-state index contributed by atoms with van der Waals surface area (Å²) in [5.41, 5.74) is 1.26. The van der Waals surface area contributed by atoms with Crippen LogP contribution < -0.4 is 10.2 Å². The molecule has 0 radical (unpaired) electrons. The number of nitrogens with one attached hydrogen (secondary N) is 2. The molecule has 13 nitrogen and oxygen atoms in total. The van der Waals surface area contributed by atoms with Crippen LogP contribution in [0.15, 0.2) is 36.8 Å². The number of hydrogen-bond acceptors (Lipinski definition) is 9. The fourth-order valence-corrected chi connectivity index (χ4v) is 3.27. The fourth-order valence-electron chi connectivity index (χ4n) is 3.27. The number of fused-ring (bicyclic) bond motifs is 1. The zero-order valence-electron chi connectivity index (χ0n) is 15.9. The predicted molar refractivity (Wildman–Crippen MR) is 104 cm³/mol. The minimum absolute atomic E-state index is 0.149.